The Morgan fingerprint density at radius 2 is 2.00 bits per heavy atom. The van der Waals surface area contributed by atoms with Crippen LogP contribution in [-0.2, 0) is 22.5 Å². The minimum absolute atomic E-state index is 0.0285. The SMILES string of the molecule is CCc1cccc(C)c1N(C(=O)Cn1nnc2ccccc21)[C@@H](C)COC. The van der Waals surface area contributed by atoms with Crippen molar-refractivity contribution in [3.63, 3.8) is 0 Å². The van der Waals surface area contributed by atoms with E-state index in [0.717, 1.165) is 34.3 Å². The molecule has 1 heterocycles. The minimum Gasteiger partial charge on any atom is -0.383 e. The molecule has 0 aliphatic heterocycles. The Bertz CT molecular complexity index is 935. The molecule has 0 radical (unpaired) electrons. The number of nitrogens with zero attached hydrogens (tertiary/aromatic N) is 4. The fraction of sp³-hybridized carbons (Fsp3) is 0.381. The van der Waals surface area contributed by atoms with Gasteiger partial charge in [0.05, 0.1) is 23.9 Å². The van der Waals surface area contributed by atoms with E-state index in [4.69, 9.17) is 4.74 Å². The van der Waals surface area contributed by atoms with E-state index in [1.54, 1.807) is 11.8 Å². The van der Waals surface area contributed by atoms with E-state index >= 15 is 0 Å². The Kier molecular flexibility index (Phi) is 5.86. The molecule has 3 rings (SSSR count). The Balaban J connectivity index is 2.00. The fourth-order valence-electron chi connectivity index (χ4n) is 3.49. The summed E-state index contributed by atoms with van der Waals surface area (Å²) in [5.74, 6) is -0.0285. The van der Waals surface area contributed by atoms with Crippen molar-refractivity contribution >= 4 is 22.6 Å². The second-order valence-electron chi connectivity index (χ2n) is 6.74. The second kappa shape index (κ2) is 8.31. The highest BCUT2D eigenvalue weighted by molar-refractivity contribution is 5.96. The average Bonchev–Trinajstić information content (AvgIpc) is 3.06. The van der Waals surface area contributed by atoms with Crippen LogP contribution < -0.4 is 4.90 Å². The molecular weight excluding hydrogens is 340 g/mol. The number of methoxy groups -OCH3 is 1. The highest BCUT2D eigenvalue weighted by Crippen LogP contribution is 2.28. The summed E-state index contributed by atoms with van der Waals surface area (Å²) in [4.78, 5) is 15.2. The van der Waals surface area contributed by atoms with E-state index in [-0.39, 0.29) is 18.5 Å². The van der Waals surface area contributed by atoms with Crippen LogP contribution in [0.5, 0.6) is 0 Å². The summed E-state index contributed by atoms with van der Waals surface area (Å²) in [6.07, 6.45) is 0.854. The molecule has 0 fully saturated rings. The lowest BCUT2D eigenvalue weighted by Gasteiger charge is -2.32. The zero-order valence-electron chi connectivity index (χ0n) is 16.3. The standard InChI is InChI=1S/C21H26N4O2/c1-5-17-10-8-9-15(2)21(17)25(16(3)14-27-4)20(26)13-24-19-12-7-6-11-18(19)22-23-24/h6-12,16H,5,13-14H2,1-4H3/t16-/m0/s1. The molecule has 6 heteroatoms. The third-order valence-electron chi connectivity index (χ3n) is 4.77. The topological polar surface area (TPSA) is 60.2 Å². The molecule has 0 aliphatic carbocycles. The molecule has 0 bridgehead atoms. The molecule has 1 amide bonds. The first-order valence-corrected chi connectivity index (χ1v) is 9.24. The molecular formula is C21H26N4O2. The summed E-state index contributed by atoms with van der Waals surface area (Å²) in [5, 5.41) is 8.32. The van der Waals surface area contributed by atoms with Crippen molar-refractivity contribution in [1.82, 2.24) is 15.0 Å². The Morgan fingerprint density at radius 1 is 1.22 bits per heavy atom. The largest absolute Gasteiger partial charge is 0.383 e. The quantitative estimate of drug-likeness (QED) is 0.643. The summed E-state index contributed by atoms with van der Waals surface area (Å²) < 4.78 is 7.01. The smallest absolute Gasteiger partial charge is 0.249 e. The van der Waals surface area contributed by atoms with Crippen LogP contribution in [0.4, 0.5) is 5.69 Å². The molecule has 0 saturated carbocycles. The first kappa shape index (κ1) is 19.0. The van der Waals surface area contributed by atoms with Crippen molar-refractivity contribution in [2.24, 2.45) is 0 Å². The van der Waals surface area contributed by atoms with Crippen molar-refractivity contribution in [1.29, 1.82) is 0 Å². The average molecular weight is 366 g/mol. The number of carbonyl (C=O) groups is 1. The normalized spacial score (nSPS) is 12.3. The maximum absolute atomic E-state index is 13.4. The molecule has 142 valence electrons. The van der Waals surface area contributed by atoms with E-state index < -0.39 is 0 Å². The summed E-state index contributed by atoms with van der Waals surface area (Å²) in [6, 6.07) is 13.7. The summed E-state index contributed by atoms with van der Waals surface area (Å²) >= 11 is 0. The van der Waals surface area contributed by atoms with Gasteiger partial charge in [-0.3, -0.25) is 4.79 Å². The fourth-order valence-corrected chi connectivity index (χ4v) is 3.49. The van der Waals surface area contributed by atoms with Gasteiger partial charge in [-0.05, 0) is 43.5 Å². The van der Waals surface area contributed by atoms with Crippen molar-refractivity contribution in [2.45, 2.75) is 39.8 Å². The van der Waals surface area contributed by atoms with Gasteiger partial charge in [-0.2, -0.15) is 0 Å². The van der Waals surface area contributed by atoms with Crippen molar-refractivity contribution in [2.75, 3.05) is 18.6 Å². The number of hydrogen-bond acceptors (Lipinski definition) is 4. The van der Waals surface area contributed by atoms with Gasteiger partial charge < -0.3 is 9.64 Å². The van der Waals surface area contributed by atoms with Crippen LogP contribution in [0.15, 0.2) is 42.5 Å². The van der Waals surface area contributed by atoms with Gasteiger partial charge in [0.1, 0.15) is 12.1 Å². The van der Waals surface area contributed by atoms with Gasteiger partial charge in [-0.15, -0.1) is 5.10 Å². The molecule has 1 aromatic heterocycles. The van der Waals surface area contributed by atoms with Crippen LogP contribution in [0, 0.1) is 6.92 Å². The number of ether oxygens (including phenoxy) is 1. The molecule has 0 saturated heterocycles. The van der Waals surface area contributed by atoms with Crippen molar-refractivity contribution < 1.29 is 9.53 Å². The molecule has 1 atom stereocenters. The van der Waals surface area contributed by atoms with E-state index in [0.29, 0.717) is 6.61 Å². The van der Waals surface area contributed by atoms with Gasteiger partial charge >= 0.3 is 0 Å². The molecule has 2 aromatic carbocycles. The number of amides is 1. The van der Waals surface area contributed by atoms with Crippen LogP contribution >= 0.6 is 0 Å². The Labute approximate surface area is 159 Å². The molecule has 0 aliphatic rings. The zero-order chi connectivity index (χ0) is 19.4. The molecule has 0 unspecified atom stereocenters. The second-order valence-corrected chi connectivity index (χ2v) is 6.74. The highest BCUT2D eigenvalue weighted by Gasteiger charge is 2.26. The number of aryl methyl sites for hydroxylation is 2. The molecule has 27 heavy (non-hydrogen) atoms. The summed E-state index contributed by atoms with van der Waals surface area (Å²) in [5.41, 5.74) is 4.83. The Morgan fingerprint density at radius 3 is 2.74 bits per heavy atom. The Hall–Kier alpha value is -2.73. The first-order valence-electron chi connectivity index (χ1n) is 9.24. The maximum Gasteiger partial charge on any atom is 0.249 e. The number of rotatable bonds is 7. The number of fused-ring (bicyclic) bond motifs is 1. The predicted molar refractivity (Wildman–Crippen MR) is 107 cm³/mol. The van der Waals surface area contributed by atoms with Crippen LogP contribution in [0.2, 0.25) is 0 Å². The van der Waals surface area contributed by atoms with Gasteiger partial charge in [0.15, 0.2) is 0 Å². The third kappa shape index (κ3) is 3.85. The van der Waals surface area contributed by atoms with E-state index in [1.165, 1.54) is 0 Å². The van der Waals surface area contributed by atoms with Gasteiger partial charge in [-0.1, -0.05) is 42.5 Å². The molecule has 6 nitrogen and oxygen atoms in total. The number of benzene rings is 2. The zero-order valence-corrected chi connectivity index (χ0v) is 16.3. The van der Waals surface area contributed by atoms with Crippen molar-refractivity contribution in [3.05, 3.63) is 53.6 Å². The summed E-state index contributed by atoms with van der Waals surface area (Å²) in [7, 11) is 1.66. The number of anilines is 1. The van der Waals surface area contributed by atoms with Gasteiger partial charge in [0.25, 0.3) is 0 Å². The highest BCUT2D eigenvalue weighted by atomic mass is 16.5. The van der Waals surface area contributed by atoms with Crippen molar-refractivity contribution in [3.8, 4) is 0 Å². The first-order chi connectivity index (χ1) is 13.1. The lowest BCUT2D eigenvalue weighted by molar-refractivity contribution is -0.120. The summed E-state index contributed by atoms with van der Waals surface area (Å²) in [6.45, 7) is 6.74. The minimum atomic E-state index is -0.0938. The number of hydrogen-bond donors (Lipinski definition) is 0. The van der Waals surface area contributed by atoms with E-state index in [1.807, 2.05) is 55.1 Å². The van der Waals surface area contributed by atoms with Gasteiger partial charge in [0.2, 0.25) is 5.91 Å². The van der Waals surface area contributed by atoms with Gasteiger partial charge in [0, 0.05) is 7.11 Å². The van der Waals surface area contributed by atoms with Crippen LogP contribution in [0.3, 0.4) is 0 Å². The number of aromatic nitrogens is 3. The number of para-hydroxylation sites is 2. The molecule has 0 N–H and O–H groups in total. The van der Waals surface area contributed by atoms with Gasteiger partial charge in [-0.25, -0.2) is 4.68 Å². The lowest BCUT2D eigenvalue weighted by atomic mass is 10.0. The van der Waals surface area contributed by atoms with E-state index in [9.17, 15) is 4.79 Å². The lowest BCUT2D eigenvalue weighted by Crippen LogP contribution is -2.44. The molecule has 0 spiro atoms. The number of carbonyl (C=O) groups excluding carboxylic acids is 1. The third-order valence-corrected chi connectivity index (χ3v) is 4.77. The van der Waals surface area contributed by atoms with Crippen LogP contribution in [0.25, 0.3) is 11.0 Å². The maximum atomic E-state index is 13.4. The monoisotopic (exact) mass is 366 g/mol. The van der Waals surface area contributed by atoms with Crippen LogP contribution in [0.1, 0.15) is 25.0 Å². The predicted octanol–water partition coefficient (Wildman–Crippen LogP) is 3.37. The van der Waals surface area contributed by atoms with E-state index in [2.05, 4.69) is 23.3 Å². The van der Waals surface area contributed by atoms with Crippen LogP contribution in [-0.4, -0.2) is 40.7 Å². The molecule has 3 aromatic rings.